The summed E-state index contributed by atoms with van der Waals surface area (Å²) < 4.78 is 69.4. The summed E-state index contributed by atoms with van der Waals surface area (Å²) in [5.74, 6) is -2.60. The highest BCUT2D eigenvalue weighted by atomic mass is 35.5. The first-order chi connectivity index (χ1) is 23.8. The van der Waals surface area contributed by atoms with Crippen LogP contribution in [0.3, 0.4) is 0 Å². The Balaban J connectivity index is 1.21. The van der Waals surface area contributed by atoms with Crippen LogP contribution >= 0.6 is 11.6 Å². The lowest BCUT2D eigenvalue weighted by Gasteiger charge is -2.24. The van der Waals surface area contributed by atoms with Crippen molar-refractivity contribution in [2.75, 3.05) is 23.7 Å². The van der Waals surface area contributed by atoms with E-state index in [-0.39, 0.29) is 48.1 Å². The van der Waals surface area contributed by atoms with Crippen LogP contribution in [0.25, 0.3) is 33.2 Å². The van der Waals surface area contributed by atoms with Gasteiger partial charge in [0.2, 0.25) is 17.8 Å². The van der Waals surface area contributed by atoms with Crippen LogP contribution in [0.1, 0.15) is 23.7 Å². The van der Waals surface area contributed by atoms with E-state index in [1.54, 1.807) is 48.5 Å². The van der Waals surface area contributed by atoms with E-state index in [1.165, 1.54) is 42.2 Å². The molecule has 15 heteroatoms. The first kappa shape index (κ1) is 34.5. The topological polar surface area (TPSA) is 109 Å². The van der Waals surface area contributed by atoms with Gasteiger partial charge in [-0.15, -0.1) is 0 Å². The van der Waals surface area contributed by atoms with Gasteiger partial charge in [-0.1, -0.05) is 48.0 Å². The maximum Gasteiger partial charge on any atom is 0.405 e. The molecule has 0 radical (unpaired) electrons. The van der Waals surface area contributed by atoms with E-state index in [9.17, 15) is 31.9 Å². The number of benzene rings is 3. The molecule has 0 unspecified atom stereocenters. The number of likely N-dealkylation sites (tertiary alicyclic amines) is 1. The highest BCUT2D eigenvalue weighted by Gasteiger charge is 2.40. The summed E-state index contributed by atoms with van der Waals surface area (Å²) in [6.07, 6.45) is -2.06. The van der Waals surface area contributed by atoms with Crippen molar-refractivity contribution in [1.29, 1.82) is 0 Å². The Morgan fingerprint density at radius 2 is 1.70 bits per heavy atom. The molecule has 5 aromatic rings. The third kappa shape index (κ3) is 7.30. The number of carbonyl (C=O) groups excluding carboxylic acids is 3. The van der Waals surface area contributed by atoms with E-state index in [0.29, 0.717) is 32.6 Å². The minimum atomic E-state index is -4.44. The van der Waals surface area contributed by atoms with Crippen LogP contribution in [0.2, 0.25) is 5.02 Å². The van der Waals surface area contributed by atoms with Gasteiger partial charge in [0.1, 0.15) is 25.3 Å². The first-order valence-corrected chi connectivity index (χ1v) is 15.7. The van der Waals surface area contributed by atoms with Crippen molar-refractivity contribution in [2.45, 2.75) is 38.3 Å². The molecule has 2 N–H and O–H groups in total. The summed E-state index contributed by atoms with van der Waals surface area (Å²) in [7, 11) is 0. The lowest BCUT2D eigenvalue weighted by atomic mass is 10.0. The van der Waals surface area contributed by atoms with Crippen molar-refractivity contribution in [1.82, 2.24) is 19.4 Å². The van der Waals surface area contributed by atoms with Gasteiger partial charge in [0.25, 0.3) is 0 Å². The summed E-state index contributed by atoms with van der Waals surface area (Å²) in [5, 5.41) is 5.40. The Kier molecular flexibility index (Phi) is 9.56. The molecule has 2 aromatic heterocycles. The molecule has 1 aliphatic rings. The molecule has 50 heavy (non-hydrogen) atoms. The van der Waals surface area contributed by atoms with Crippen molar-refractivity contribution < 1.29 is 36.3 Å². The zero-order valence-electron chi connectivity index (χ0n) is 26.3. The predicted octanol–water partition coefficient (Wildman–Crippen LogP) is 7.31. The van der Waals surface area contributed by atoms with E-state index in [1.807, 2.05) is 0 Å². The maximum absolute atomic E-state index is 15.5. The van der Waals surface area contributed by atoms with E-state index >= 15 is 4.39 Å². The Morgan fingerprint density at radius 3 is 2.40 bits per heavy atom. The van der Waals surface area contributed by atoms with Crippen LogP contribution in [0, 0.1) is 5.82 Å². The number of hydrogen-bond acceptors (Lipinski definition) is 6. The number of alkyl halides is 4. The van der Waals surface area contributed by atoms with Crippen molar-refractivity contribution in [3.8, 4) is 22.3 Å². The molecule has 3 aromatic carbocycles. The lowest BCUT2D eigenvalue weighted by molar-refractivity contribution is -0.137. The average Bonchev–Trinajstić information content (AvgIpc) is 3.65. The SMILES string of the molecule is CC(=O)c1cn(CC(=O)N2C[C@H](F)C[C@H]2C(=O)Nc2cccc(-c3ccccc3Cl)c2F)c2ccc(-c3cnc(NCC(F)(F)F)nc3)cc12. The molecule has 0 saturated carbocycles. The number of rotatable bonds is 9. The number of carbonyl (C=O) groups is 3. The van der Waals surface area contributed by atoms with E-state index in [4.69, 9.17) is 11.6 Å². The minimum Gasteiger partial charge on any atom is -0.345 e. The number of anilines is 2. The number of fused-ring (bicyclic) bond motifs is 1. The minimum absolute atomic E-state index is 0.155. The fourth-order valence-electron chi connectivity index (χ4n) is 5.91. The molecule has 6 rings (SSSR count). The van der Waals surface area contributed by atoms with Gasteiger partial charge in [-0.05, 0) is 36.8 Å². The maximum atomic E-state index is 15.5. The molecular formula is C35H28ClF5N6O3. The van der Waals surface area contributed by atoms with Gasteiger partial charge in [-0.3, -0.25) is 14.4 Å². The number of halogens is 6. The molecule has 1 aliphatic heterocycles. The molecule has 2 amide bonds. The monoisotopic (exact) mass is 710 g/mol. The van der Waals surface area contributed by atoms with Gasteiger partial charge in [0.15, 0.2) is 11.6 Å². The molecule has 0 spiro atoms. The van der Waals surface area contributed by atoms with Crippen molar-refractivity contribution in [3.05, 3.63) is 95.7 Å². The number of nitrogens with one attached hydrogen (secondary N) is 2. The largest absolute Gasteiger partial charge is 0.405 e. The Labute approximate surface area is 287 Å². The normalized spacial score (nSPS) is 16.1. The first-order valence-electron chi connectivity index (χ1n) is 15.3. The van der Waals surface area contributed by atoms with Crippen LogP contribution in [0.4, 0.5) is 33.6 Å². The van der Waals surface area contributed by atoms with E-state index < -0.39 is 42.6 Å². The van der Waals surface area contributed by atoms with Gasteiger partial charge in [0.05, 0.1) is 12.2 Å². The summed E-state index contributed by atoms with van der Waals surface area (Å²) in [6, 6.07) is 14.8. The van der Waals surface area contributed by atoms with Crippen molar-refractivity contribution >= 4 is 51.7 Å². The fraction of sp³-hybridized carbons (Fsp3) is 0.229. The quantitative estimate of drug-likeness (QED) is 0.123. The van der Waals surface area contributed by atoms with Crippen LogP contribution in [-0.2, 0) is 16.1 Å². The van der Waals surface area contributed by atoms with E-state index in [0.717, 1.165) is 4.90 Å². The summed E-state index contributed by atoms with van der Waals surface area (Å²) >= 11 is 6.25. The second kappa shape index (κ2) is 13.9. The van der Waals surface area contributed by atoms with Crippen LogP contribution in [-0.4, -0.2) is 68.5 Å². The van der Waals surface area contributed by atoms with Crippen molar-refractivity contribution in [3.63, 3.8) is 0 Å². The summed E-state index contributed by atoms with van der Waals surface area (Å²) in [6.45, 7) is -0.626. The number of Topliss-reactive ketones (excluding diaryl/α,β-unsaturated/α-hetero) is 1. The number of hydrogen-bond donors (Lipinski definition) is 2. The average molecular weight is 711 g/mol. The lowest BCUT2D eigenvalue weighted by Crippen LogP contribution is -2.44. The number of ketones is 1. The molecule has 9 nitrogen and oxygen atoms in total. The van der Waals surface area contributed by atoms with Gasteiger partial charge < -0.3 is 20.1 Å². The molecular weight excluding hydrogens is 683 g/mol. The second-order valence-corrected chi connectivity index (χ2v) is 12.2. The van der Waals surface area contributed by atoms with Gasteiger partial charge in [0, 0.05) is 63.2 Å². The molecule has 258 valence electrons. The standard InChI is InChI=1S/C35H28ClF5N6O3/c1-19(48)26-16-46(29-10-9-20(11-25(26)29)21-13-42-34(43-14-21)44-18-35(39,40)41)17-31(49)47-15-22(37)12-30(47)33(50)45-28-8-4-6-24(32(28)38)23-5-2-3-7-27(23)36/h2-11,13-14,16,22,30H,12,15,17-18H2,1H3,(H,45,50)(H,42,43,44)/t22-,30+/m1/s1. The zero-order valence-corrected chi connectivity index (χ0v) is 27.0. The number of amides is 2. The highest BCUT2D eigenvalue weighted by Crippen LogP contribution is 2.34. The Morgan fingerprint density at radius 1 is 0.980 bits per heavy atom. The Bertz CT molecular complexity index is 2100. The molecule has 1 fully saturated rings. The highest BCUT2D eigenvalue weighted by molar-refractivity contribution is 6.33. The van der Waals surface area contributed by atoms with Gasteiger partial charge in [-0.2, -0.15) is 13.2 Å². The summed E-state index contributed by atoms with van der Waals surface area (Å²) in [5.41, 5.74) is 2.23. The molecule has 1 saturated heterocycles. The van der Waals surface area contributed by atoms with Gasteiger partial charge >= 0.3 is 6.18 Å². The molecule has 2 atom stereocenters. The predicted molar refractivity (Wildman–Crippen MR) is 178 cm³/mol. The molecule has 0 bridgehead atoms. The molecule has 3 heterocycles. The summed E-state index contributed by atoms with van der Waals surface area (Å²) in [4.78, 5) is 48.6. The second-order valence-electron chi connectivity index (χ2n) is 11.8. The van der Waals surface area contributed by atoms with Crippen LogP contribution < -0.4 is 10.6 Å². The third-order valence-corrected chi connectivity index (χ3v) is 8.62. The van der Waals surface area contributed by atoms with Crippen molar-refractivity contribution in [2.24, 2.45) is 0 Å². The number of aromatic nitrogens is 3. The smallest absolute Gasteiger partial charge is 0.345 e. The zero-order chi connectivity index (χ0) is 35.7. The fourth-order valence-corrected chi connectivity index (χ4v) is 6.15. The Hall–Kier alpha value is -5.37. The van der Waals surface area contributed by atoms with Crippen LogP contribution in [0.15, 0.2) is 79.3 Å². The number of nitrogens with zero attached hydrogens (tertiary/aromatic N) is 4. The van der Waals surface area contributed by atoms with E-state index in [2.05, 4.69) is 20.6 Å². The van der Waals surface area contributed by atoms with Gasteiger partial charge in [-0.25, -0.2) is 18.7 Å². The third-order valence-electron chi connectivity index (χ3n) is 8.29. The van der Waals surface area contributed by atoms with Crippen LogP contribution in [0.5, 0.6) is 0 Å². The molecule has 0 aliphatic carbocycles.